The molecule has 2 fully saturated rings. The quantitative estimate of drug-likeness (QED) is 0.794. The van der Waals surface area contributed by atoms with E-state index >= 15 is 0 Å². The molecule has 4 rings (SSSR count). The summed E-state index contributed by atoms with van der Waals surface area (Å²) >= 11 is 0. The molecule has 6 nitrogen and oxygen atoms in total. The summed E-state index contributed by atoms with van der Waals surface area (Å²) < 4.78 is 0. The van der Waals surface area contributed by atoms with E-state index in [4.69, 9.17) is 9.97 Å². The molecule has 2 aliphatic rings. The predicted octanol–water partition coefficient (Wildman–Crippen LogP) is 3.47. The predicted molar refractivity (Wildman–Crippen MR) is 117 cm³/mol. The molecule has 30 heavy (non-hydrogen) atoms. The van der Waals surface area contributed by atoms with E-state index in [-0.39, 0.29) is 5.91 Å². The number of carbonyl (C=O) groups is 1. The van der Waals surface area contributed by atoms with Gasteiger partial charge in [-0.05, 0) is 51.8 Å². The van der Waals surface area contributed by atoms with Gasteiger partial charge in [-0.1, -0.05) is 25.3 Å². The number of pyridine rings is 1. The molecule has 0 unspecified atom stereocenters. The Morgan fingerprint density at radius 1 is 1.10 bits per heavy atom. The number of aryl methyl sites for hydroxylation is 2. The molecule has 1 atom stereocenters. The molecular formula is C24H33N5O. The lowest BCUT2D eigenvalue weighted by atomic mass is 9.95. The summed E-state index contributed by atoms with van der Waals surface area (Å²) in [6, 6.07) is 6.41. The third-order valence-corrected chi connectivity index (χ3v) is 6.49. The van der Waals surface area contributed by atoms with Crippen LogP contribution in [0.5, 0.6) is 0 Å². The van der Waals surface area contributed by atoms with Crippen molar-refractivity contribution in [1.29, 1.82) is 0 Å². The molecule has 1 saturated heterocycles. The van der Waals surface area contributed by atoms with E-state index in [9.17, 15) is 4.79 Å². The fraction of sp³-hybridized carbons (Fsp3) is 0.583. The number of hydrogen-bond acceptors (Lipinski definition) is 5. The zero-order chi connectivity index (χ0) is 20.9. The van der Waals surface area contributed by atoms with Crippen LogP contribution in [0.15, 0.2) is 24.4 Å². The number of nitrogens with zero attached hydrogens (tertiary/aromatic N) is 4. The van der Waals surface area contributed by atoms with Crippen molar-refractivity contribution in [2.75, 3.05) is 13.1 Å². The topological polar surface area (TPSA) is 71.0 Å². The summed E-state index contributed by atoms with van der Waals surface area (Å²) in [6.45, 7) is 6.89. The van der Waals surface area contributed by atoms with Crippen LogP contribution in [-0.2, 0) is 17.8 Å². The second-order valence-corrected chi connectivity index (χ2v) is 8.85. The van der Waals surface area contributed by atoms with Gasteiger partial charge in [0.05, 0.1) is 12.1 Å². The van der Waals surface area contributed by atoms with E-state index in [2.05, 4.69) is 21.3 Å². The van der Waals surface area contributed by atoms with Crippen LogP contribution in [0.1, 0.15) is 72.9 Å². The number of rotatable bonds is 6. The Hall–Kier alpha value is -2.34. The van der Waals surface area contributed by atoms with Gasteiger partial charge in [0, 0.05) is 48.2 Å². The average Bonchev–Trinajstić information content (AvgIpc) is 3.20. The van der Waals surface area contributed by atoms with Crippen LogP contribution >= 0.6 is 0 Å². The first kappa shape index (κ1) is 20.9. The maximum atomic E-state index is 12.6. The molecule has 1 saturated carbocycles. The first-order chi connectivity index (χ1) is 14.6. The van der Waals surface area contributed by atoms with Gasteiger partial charge in [0.15, 0.2) is 0 Å². The highest BCUT2D eigenvalue weighted by atomic mass is 16.1. The van der Waals surface area contributed by atoms with Crippen molar-refractivity contribution < 1.29 is 4.79 Å². The van der Waals surface area contributed by atoms with Crippen LogP contribution in [0.3, 0.4) is 0 Å². The SMILES string of the molecule is Cc1nc([C@H]2CCN(Cc3ccccn3)C2)nc(C)c1CC(=O)NC1CCCCC1. The van der Waals surface area contributed by atoms with Crippen molar-refractivity contribution in [1.82, 2.24) is 25.2 Å². The molecular weight excluding hydrogens is 374 g/mol. The second kappa shape index (κ2) is 9.65. The highest BCUT2D eigenvalue weighted by Gasteiger charge is 2.27. The number of likely N-dealkylation sites (tertiary alicyclic amines) is 1. The van der Waals surface area contributed by atoms with E-state index in [1.54, 1.807) is 0 Å². The fourth-order valence-electron chi connectivity index (χ4n) is 4.80. The smallest absolute Gasteiger partial charge is 0.224 e. The van der Waals surface area contributed by atoms with Gasteiger partial charge in [0.2, 0.25) is 5.91 Å². The van der Waals surface area contributed by atoms with Crippen LogP contribution in [0.2, 0.25) is 0 Å². The standard InChI is InChI=1S/C24H33N5O/c1-17-22(14-23(30)28-20-8-4-3-5-9-20)18(2)27-24(26-17)19-11-13-29(15-19)16-21-10-6-7-12-25-21/h6-7,10,12,19-20H,3-5,8-9,11,13-16H2,1-2H3,(H,28,30)/t19-/m0/s1. The number of carbonyl (C=O) groups excluding carboxylic acids is 1. The molecule has 1 aliphatic heterocycles. The molecule has 0 bridgehead atoms. The molecule has 1 N–H and O–H groups in total. The normalized spacial score (nSPS) is 20.4. The van der Waals surface area contributed by atoms with E-state index in [0.717, 1.165) is 67.4 Å². The summed E-state index contributed by atoms with van der Waals surface area (Å²) in [6.07, 6.45) is 9.24. The first-order valence-corrected chi connectivity index (χ1v) is 11.3. The van der Waals surface area contributed by atoms with Crippen LogP contribution in [-0.4, -0.2) is 44.9 Å². The largest absolute Gasteiger partial charge is 0.353 e. The van der Waals surface area contributed by atoms with Crippen LogP contribution in [0.25, 0.3) is 0 Å². The minimum atomic E-state index is 0.104. The van der Waals surface area contributed by atoms with Crippen molar-refractivity contribution in [3.63, 3.8) is 0 Å². The molecule has 3 heterocycles. The van der Waals surface area contributed by atoms with Gasteiger partial charge in [-0.15, -0.1) is 0 Å². The number of nitrogens with one attached hydrogen (secondary N) is 1. The van der Waals surface area contributed by atoms with E-state index in [1.807, 2.05) is 32.2 Å². The van der Waals surface area contributed by atoms with Crippen molar-refractivity contribution in [2.24, 2.45) is 0 Å². The number of amides is 1. The van der Waals surface area contributed by atoms with Gasteiger partial charge in [-0.25, -0.2) is 9.97 Å². The Bertz CT molecular complexity index is 840. The summed E-state index contributed by atoms with van der Waals surface area (Å²) in [5.74, 6) is 1.37. The van der Waals surface area contributed by atoms with Gasteiger partial charge in [-0.2, -0.15) is 0 Å². The molecule has 0 radical (unpaired) electrons. The number of aromatic nitrogens is 3. The molecule has 1 amide bonds. The third kappa shape index (κ3) is 5.22. The van der Waals surface area contributed by atoms with E-state index in [1.165, 1.54) is 19.3 Å². The van der Waals surface area contributed by atoms with E-state index < -0.39 is 0 Å². The summed E-state index contributed by atoms with van der Waals surface area (Å²) in [7, 11) is 0. The monoisotopic (exact) mass is 407 g/mol. The Morgan fingerprint density at radius 3 is 2.57 bits per heavy atom. The maximum absolute atomic E-state index is 12.6. The lowest BCUT2D eigenvalue weighted by Gasteiger charge is -2.23. The van der Waals surface area contributed by atoms with E-state index in [0.29, 0.717) is 18.4 Å². The molecule has 1 aliphatic carbocycles. The molecule has 6 heteroatoms. The second-order valence-electron chi connectivity index (χ2n) is 8.85. The highest BCUT2D eigenvalue weighted by Crippen LogP contribution is 2.27. The van der Waals surface area contributed by atoms with Crippen molar-refractivity contribution in [3.05, 3.63) is 52.9 Å². The van der Waals surface area contributed by atoms with Crippen molar-refractivity contribution in [3.8, 4) is 0 Å². The Kier molecular flexibility index (Phi) is 6.72. The maximum Gasteiger partial charge on any atom is 0.224 e. The third-order valence-electron chi connectivity index (χ3n) is 6.49. The van der Waals surface area contributed by atoms with Gasteiger partial charge >= 0.3 is 0 Å². The summed E-state index contributed by atoms with van der Waals surface area (Å²) in [5.41, 5.74) is 3.97. The molecule has 160 valence electrons. The van der Waals surface area contributed by atoms with Crippen LogP contribution in [0, 0.1) is 13.8 Å². The zero-order valence-electron chi connectivity index (χ0n) is 18.2. The highest BCUT2D eigenvalue weighted by molar-refractivity contribution is 5.79. The van der Waals surface area contributed by atoms with Crippen molar-refractivity contribution >= 4 is 5.91 Å². The lowest BCUT2D eigenvalue weighted by molar-refractivity contribution is -0.121. The van der Waals surface area contributed by atoms with Gasteiger partial charge in [0.1, 0.15) is 5.82 Å². The Morgan fingerprint density at radius 2 is 1.87 bits per heavy atom. The number of hydrogen-bond donors (Lipinski definition) is 1. The molecule has 0 aromatic carbocycles. The minimum Gasteiger partial charge on any atom is -0.353 e. The molecule has 2 aromatic rings. The molecule has 0 spiro atoms. The Labute approximate surface area is 179 Å². The lowest BCUT2D eigenvalue weighted by Crippen LogP contribution is -2.37. The molecule has 2 aromatic heterocycles. The summed E-state index contributed by atoms with van der Waals surface area (Å²) in [4.78, 5) is 29.1. The first-order valence-electron chi connectivity index (χ1n) is 11.3. The average molecular weight is 408 g/mol. The Balaban J connectivity index is 1.37. The summed E-state index contributed by atoms with van der Waals surface area (Å²) in [5, 5.41) is 3.21. The minimum absolute atomic E-state index is 0.104. The van der Waals surface area contributed by atoms with Gasteiger partial charge in [-0.3, -0.25) is 14.7 Å². The van der Waals surface area contributed by atoms with Crippen LogP contribution in [0.4, 0.5) is 0 Å². The van der Waals surface area contributed by atoms with Gasteiger partial charge < -0.3 is 5.32 Å². The van der Waals surface area contributed by atoms with Crippen molar-refractivity contribution in [2.45, 2.75) is 77.3 Å². The fourth-order valence-corrected chi connectivity index (χ4v) is 4.80. The van der Waals surface area contributed by atoms with Crippen LogP contribution < -0.4 is 5.32 Å². The zero-order valence-corrected chi connectivity index (χ0v) is 18.2. The van der Waals surface area contributed by atoms with Gasteiger partial charge in [0.25, 0.3) is 0 Å².